The van der Waals surface area contributed by atoms with Crippen LogP contribution in [0, 0.1) is 5.92 Å². The van der Waals surface area contributed by atoms with E-state index in [2.05, 4.69) is 20.7 Å². The number of nitrogens with one attached hydrogen (secondary N) is 3. The molecule has 0 bridgehead atoms. The first kappa shape index (κ1) is 19.9. The first-order chi connectivity index (χ1) is 11.1. The topological polar surface area (TPSA) is 96.5 Å². The Labute approximate surface area is 146 Å². The fourth-order valence-corrected chi connectivity index (χ4v) is 2.36. The summed E-state index contributed by atoms with van der Waals surface area (Å²) < 4.78 is 4.45. The van der Waals surface area contributed by atoms with Gasteiger partial charge < -0.3 is 20.7 Å². The van der Waals surface area contributed by atoms with Crippen LogP contribution in [-0.4, -0.2) is 44.5 Å². The number of carbonyl (C=O) groups excluding carboxylic acids is 3. The summed E-state index contributed by atoms with van der Waals surface area (Å²) >= 11 is 0. The molecule has 0 atom stereocenters. The summed E-state index contributed by atoms with van der Waals surface area (Å²) in [6.45, 7) is 1.54. The van der Waals surface area contributed by atoms with Crippen LogP contribution in [0.15, 0.2) is 24.3 Å². The largest absolute Gasteiger partial charge is 0.468 e. The van der Waals surface area contributed by atoms with Gasteiger partial charge in [0.15, 0.2) is 0 Å². The number of hydrogen-bond acceptors (Lipinski definition) is 5. The fourth-order valence-electron chi connectivity index (χ4n) is 2.36. The van der Waals surface area contributed by atoms with Gasteiger partial charge in [-0.15, -0.1) is 12.4 Å². The molecule has 2 rings (SSSR count). The SMILES string of the molecule is COC(=O)CNC(=O)c1ccc(NC(=O)C2CCNCC2)cc1.Cl. The third-order valence-corrected chi connectivity index (χ3v) is 3.75. The van der Waals surface area contributed by atoms with E-state index in [0.29, 0.717) is 11.3 Å². The summed E-state index contributed by atoms with van der Waals surface area (Å²) in [5.74, 6) is -0.843. The minimum Gasteiger partial charge on any atom is -0.468 e. The van der Waals surface area contributed by atoms with E-state index in [4.69, 9.17) is 0 Å². The molecule has 1 aliphatic heterocycles. The van der Waals surface area contributed by atoms with Crippen molar-refractivity contribution in [3.05, 3.63) is 29.8 Å². The predicted octanol–water partition coefficient (Wildman–Crippen LogP) is 0.949. The molecule has 1 saturated heterocycles. The summed E-state index contributed by atoms with van der Waals surface area (Å²) in [4.78, 5) is 34.9. The number of methoxy groups -OCH3 is 1. The van der Waals surface area contributed by atoms with E-state index in [9.17, 15) is 14.4 Å². The lowest BCUT2D eigenvalue weighted by atomic mass is 9.97. The van der Waals surface area contributed by atoms with E-state index in [1.807, 2.05) is 0 Å². The molecule has 3 N–H and O–H groups in total. The van der Waals surface area contributed by atoms with Crippen LogP contribution < -0.4 is 16.0 Å². The monoisotopic (exact) mass is 355 g/mol. The van der Waals surface area contributed by atoms with E-state index in [1.54, 1.807) is 24.3 Å². The Morgan fingerprint density at radius 3 is 2.38 bits per heavy atom. The lowest BCUT2D eigenvalue weighted by Gasteiger charge is -2.21. The maximum Gasteiger partial charge on any atom is 0.325 e. The van der Waals surface area contributed by atoms with Crippen LogP contribution in [0.1, 0.15) is 23.2 Å². The molecule has 0 aliphatic carbocycles. The number of piperidine rings is 1. The number of ether oxygens (including phenoxy) is 1. The highest BCUT2D eigenvalue weighted by Gasteiger charge is 2.20. The molecule has 0 spiro atoms. The molecule has 0 unspecified atom stereocenters. The molecule has 0 saturated carbocycles. The second-order valence-corrected chi connectivity index (χ2v) is 5.35. The van der Waals surface area contributed by atoms with Crippen molar-refractivity contribution >= 4 is 35.9 Å². The van der Waals surface area contributed by atoms with Gasteiger partial charge in [0.25, 0.3) is 5.91 Å². The Kier molecular flexibility index (Phi) is 8.21. The number of amides is 2. The van der Waals surface area contributed by atoms with Crippen molar-refractivity contribution in [1.29, 1.82) is 0 Å². The van der Waals surface area contributed by atoms with Crippen molar-refractivity contribution in [3.8, 4) is 0 Å². The Hall–Kier alpha value is -2.12. The summed E-state index contributed by atoms with van der Waals surface area (Å²) in [6.07, 6.45) is 1.67. The average Bonchev–Trinajstić information content (AvgIpc) is 2.60. The molecule has 0 radical (unpaired) electrons. The maximum atomic E-state index is 12.1. The van der Waals surface area contributed by atoms with Crippen molar-refractivity contribution < 1.29 is 19.1 Å². The Bertz CT molecular complexity index is 571. The average molecular weight is 356 g/mol. The standard InChI is InChI=1S/C16H21N3O4.ClH/c1-23-14(20)10-18-15(21)11-2-4-13(5-3-11)19-16(22)12-6-8-17-9-7-12;/h2-5,12,17H,6-10H2,1H3,(H,18,21)(H,19,22);1H. The zero-order valence-electron chi connectivity index (χ0n) is 13.5. The molecule has 1 heterocycles. The summed E-state index contributed by atoms with van der Waals surface area (Å²) in [7, 11) is 1.26. The molecule has 8 heteroatoms. The van der Waals surface area contributed by atoms with Crippen LogP contribution in [0.4, 0.5) is 5.69 Å². The Morgan fingerprint density at radius 2 is 1.79 bits per heavy atom. The van der Waals surface area contributed by atoms with Gasteiger partial charge in [0, 0.05) is 17.2 Å². The molecule has 0 aromatic heterocycles. The van der Waals surface area contributed by atoms with Gasteiger partial charge in [-0.2, -0.15) is 0 Å². The van der Waals surface area contributed by atoms with Crippen molar-refractivity contribution in [2.45, 2.75) is 12.8 Å². The first-order valence-corrected chi connectivity index (χ1v) is 7.57. The molecule has 1 aliphatic rings. The molecule has 7 nitrogen and oxygen atoms in total. The van der Waals surface area contributed by atoms with E-state index < -0.39 is 5.97 Å². The van der Waals surface area contributed by atoms with E-state index in [1.165, 1.54) is 7.11 Å². The fraction of sp³-hybridized carbons (Fsp3) is 0.438. The van der Waals surface area contributed by atoms with Gasteiger partial charge >= 0.3 is 5.97 Å². The van der Waals surface area contributed by atoms with E-state index in [0.717, 1.165) is 25.9 Å². The number of rotatable bonds is 5. The normalized spacial score (nSPS) is 14.2. The Morgan fingerprint density at radius 1 is 1.17 bits per heavy atom. The molecule has 24 heavy (non-hydrogen) atoms. The van der Waals surface area contributed by atoms with Crippen LogP contribution in [0.25, 0.3) is 0 Å². The minimum atomic E-state index is -0.510. The summed E-state index contributed by atoms with van der Waals surface area (Å²) in [5, 5.41) is 8.54. The number of hydrogen-bond donors (Lipinski definition) is 3. The van der Waals surface area contributed by atoms with Gasteiger partial charge in [0.2, 0.25) is 5.91 Å². The molecule has 2 amide bonds. The van der Waals surface area contributed by atoms with Crippen molar-refractivity contribution in [2.75, 3.05) is 32.1 Å². The van der Waals surface area contributed by atoms with Gasteiger partial charge in [0.1, 0.15) is 6.54 Å². The zero-order valence-corrected chi connectivity index (χ0v) is 14.3. The molecule has 132 valence electrons. The van der Waals surface area contributed by atoms with Crippen LogP contribution in [0.3, 0.4) is 0 Å². The highest BCUT2D eigenvalue weighted by molar-refractivity contribution is 5.97. The summed E-state index contributed by atoms with van der Waals surface area (Å²) in [5.41, 5.74) is 1.06. The Balaban J connectivity index is 0.00000288. The van der Waals surface area contributed by atoms with Crippen LogP contribution in [0.5, 0.6) is 0 Å². The molecular formula is C16H22ClN3O4. The number of halogens is 1. The van der Waals surface area contributed by atoms with E-state index in [-0.39, 0.29) is 36.7 Å². The zero-order chi connectivity index (χ0) is 16.7. The van der Waals surface area contributed by atoms with Crippen molar-refractivity contribution in [1.82, 2.24) is 10.6 Å². The van der Waals surface area contributed by atoms with Gasteiger partial charge in [-0.3, -0.25) is 14.4 Å². The maximum absolute atomic E-state index is 12.1. The summed E-state index contributed by atoms with van der Waals surface area (Å²) in [6, 6.07) is 6.55. The van der Waals surface area contributed by atoms with Gasteiger partial charge in [0.05, 0.1) is 7.11 Å². The van der Waals surface area contributed by atoms with E-state index >= 15 is 0 Å². The lowest BCUT2D eigenvalue weighted by Crippen LogP contribution is -2.34. The third kappa shape index (κ3) is 5.82. The second kappa shape index (κ2) is 9.89. The third-order valence-electron chi connectivity index (χ3n) is 3.75. The van der Waals surface area contributed by atoms with Crippen LogP contribution in [-0.2, 0) is 14.3 Å². The smallest absolute Gasteiger partial charge is 0.325 e. The van der Waals surface area contributed by atoms with Gasteiger partial charge in [-0.05, 0) is 50.2 Å². The number of esters is 1. The molecule has 1 aromatic rings. The van der Waals surface area contributed by atoms with Crippen molar-refractivity contribution in [3.63, 3.8) is 0 Å². The van der Waals surface area contributed by atoms with Gasteiger partial charge in [-0.25, -0.2) is 0 Å². The second-order valence-electron chi connectivity index (χ2n) is 5.35. The van der Waals surface area contributed by atoms with Crippen molar-refractivity contribution in [2.24, 2.45) is 5.92 Å². The predicted molar refractivity (Wildman–Crippen MR) is 92.3 cm³/mol. The highest BCUT2D eigenvalue weighted by Crippen LogP contribution is 2.16. The number of carbonyl (C=O) groups is 3. The first-order valence-electron chi connectivity index (χ1n) is 7.57. The molecule has 1 fully saturated rings. The number of anilines is 1. The highest BCUT2D eigenvalue weighted by atomic mass is 35.5. The quantitative estimate of drug-likeness (QED) is 0.683. The minimum absolute atomic E-state index is 0. The van der Waals surface area contributed by atoms with Crippen LogP contribution >= 0.6 is 12.4 Å². The van der Waals surface area contributed by atoms with Gasteiger partial charge in [-0.1, -0.05) is 0 Å². The lowest BCUT2D eigenvalue weighted by molar-refractivity contribution is -0.139. The molecular weight excluding hydrogens is 334 g/mol. The molecule has 1 aromatic carbocycles. The number of benzene rings is 1. The van der Waals surface area contributed by atoms with Crippen LogP contribution in [0.2, 0.25) is 0 Å².